The van der Waals surface area contributed by atoms with Gasteiger partial charge in [-0.1, -0.05) is 50.6 Å². The molecule has 1 aromatic carbocycles. The van der Waals surface area contributed by atoms with Crippen molar-refractivity contribution in [1.29, 1.82) is 5.26 Å². The topological polar surface area (TPSA) is 52.9 Å². The molecule has 3 nitrogen and oxygen atoms in total. The van der Waals surface area contributed by atoms with Gasteiger partial charge in [0.25, 0.3) is 0 Å². The summed E-state index contributed by atoms with van der Waals surface area (Å²) in [7, 11) is 0. The van der Waals surface area contributed by atoms with Crippen LogP contribution >= 0.6 is 0 Å². The fourth-order valence-corrected chi connectivity index (χ4v) is 2.03. The number of hydrogen-bond acceptors (Lipinski definition) is 2. The van der Waals surface area contributed by atoms with Crippen LogP contribution in [-0.4, -0.2) is 12.5 Å². The van der Waals surface area contributed by atoms with E-state index in [1.54, 1.807) is 0 Å². The van der Waals surface area contributed by atoms with Gasteiger partial charge in [-0.05, 0) is 24.3 Å². The second-order valence-electron chi connectivity index (χ2n) is 4.86. The third-order valence-electron chi connectivity index (χ3n) is 3.29. The van der Waals surface area contributed by atoms with Crippen LogP contribution in [0.25, 0.3) is 0 Å². The Kier molecular flexibility index (Phi) is 6.67. The average molecular weight is 258 g/mol. The number of carbonyl (C=O) groups is 1. The summed E-state index contributed by atoms with van der Waals surface area (Å²) in [6.45, 7) is 4.75. The molecule has 0 fully saturated rings. The first kappa shape index (κ1) is 15.2. The summed E-state index contributed by atoms with van der Waals surface area (Å²) >= 11 is 0. The van der Waals surface area contributed by atoms with E-state index in [1.807, 2.05) is 25.1 Å². The van der Waals surface area contributed by atoms with Crippen molar-refractivity contribution in [2.75, 3.05) is 6.54 Å². The maximum absolute atomic E-state index is 11.7. The molecule has 0 radical (unpaired) electrons. The Morgan fingerprint density at radius 1 is 1.32 bits per heavy atom. The maximum Gasteiger partial charge on any atom is 0.237 e. The zero-order valence-electron chi connectivity index (χ0n) is 11.7. The number of carbonyl (C=O) groups excluding carboxylic acids is 1. The summed E-state index contributed by atoms with van der Waals surface area (Å²) in [5, 5.41) is 11.8. The SMILES string of the molecule is CCCC(C#N)C(=O)NCCC(C)c1ccccc1. The third kappa shape index (κ3) is 5.13. The molecule has 0 bridgehead atoms. The van der Waals surface area contributed by atoms with E-state index in [9.17, 15) is 4.79 Å². The maximum atomic E-state index is 11.7. The van der Waals surface area contributed by atoms with E-state index in [4.69, 9.17) is 5.26 Å². The van der Waals surface area contributed by atoms with Gasteiger partial charge in [-0.15, -0.1) is 0 Å². The van der Waals surface area contributed by atoms with Gasteiger partial charge in [0.05, 0.1) is 6.07 Å². The first-order valence-corrected chi connectivity index (χ1v) is 6.91. The molecule has 0 aliphatic carbocycles. The zero-order chi connectivity index (χ0) is 14.1. The highest BCUT2D eigenvalue weighted by molar-refractivity contribution is 5.80. The van der Waals surface area contributed by atoms with Gasteiger partial charge in [0.2, 0.25) is 5.91 Å². The number of hydrogen-bond donors (Lipinski definition) is 1. The molecular weight excluding hydrogens is 236 g/mol. The molecule has 0 heterocycles. The van der Waals surface area contributed by atoms with Gasteiger partial charge >= 0.3 is 0 Å². The van der Waals surface area contributed by atoms with Gasteiger partial charge in [-0.3, -0.25) is 4.79 Å². The lowest BCUT2D eigenvalue weighted by atomic mass is 9.98. The van der Waals surface area contributed by atoms with Crippen LogP contribution in [0.3, 0.4) is 0 Å². The van der Waals surface area contributed by atoms with Crippen LogP contribution in [0.1, 0.15) is 44.6 Å². The van der Waals surface area contributed by atoms with Crippen molar-refractivity contribution in [3.05, 3.63) is 35.9 Å². The number of nitrogens with zero attached hydrogens (tertiary/aromatic N) is 1. The monoisotopic (exact) mass is 258 g/mol. The fraction of sp³-hybridized carbons (Fsp3) is 0.500. The second kappa shape index (κ2) is 8.31. The number of amides is 1. The molecule has 0 spiro atoms. The molecule has 2 atom stereocenters. The minimum Gasteiger partial charge on any atom is -0.355 e. The van der Waals surface area contributed by atoms with Gasteiger partial charge in [0, 0.05) is 6.54 Å². The Balaban J connectivity index is 2.34. The lowest BCUT2D eigenvalue weighted by Crippen LogP contribution is -2.31. The quantitative estimate of drug-likeness (QED) is 0.816. The summed E-state index contributed by atoms with van der Waals surface area (Å²) in [5.41, 5.74) is 1.28. The predicted molar refractivity (Wildman–Crippen MR) is 76.5 cm³/mol. The van der Waals surface area contributed by atoms with Crippen LogP contribution in [-0.2, 0) is 4.79 Å². The van der Waals surface area contributed by atoms with Crippen LogP contribution in [0, 0.1) is 17.2 Å². The molecule has 2 unspecified atom stereocenters. The zero-order valence-corrected chi connectivity index (χ0v) is 11.7. The number of benzene rings is 1. The fourth-order valence-electron chi connectivity index (χ4n) is 2.03. The molecule has 19 heavy (non-hydrogen) atoms. The Hall–Kier alpha value is -1.82. The third-order valence-corrected chi connectivity index (χ3v) is 3.29. The van der Waals surface area contributed by atoms with Gasteiger partial charge in [-0.25, -0.2) is 0 Å². The highest BCUT2D eigenvalue weighted by atomic mass is 16.1. The van der Waals surface area contributed by atoms with Crippen LogP contribution < -0.4 is 5.32 Å². The van der Waals surface area contributed by atoms with Gasteiger partial charge in [-0.2, -0.15) is 5.26 Å². The Morgan fingerprint density at radius 3 is 2.58 bits per heavy atom. The summed E-state index contributed by atoms with van der Waals surface area (Å²) in [6.07, 6.45) is 2.38. The summed E-state index contributed by atoms with van der Waals surface area (Å²) < 4.78 is 0. The minimum atomic E-state index is -0.503. The number of rotatable bonds is 7. The molecule has 3 heteroatoms. The van der Waals surface area contributed by atoms with Gasteiger partial charge in [0.15, 0.2) is 0 Å². The standard InChI is InChI=1S/C16H22N2O/c1-3-7-15(12-17)16(19)18-11-10-13(2)14-8-5-4-6-9-14/h4-6,8-9,13,15H,3,7,10-11H2,1-2H3,(H,18,19). The first-order valence-electron chi connectivity index (χ1n) is 6.91. The van der Waals surface area contributed by atoms with Crippen LogP contribution in [0.15, 0.2) is 30.3 Å². The van der Waals surface area contributed by atoms with E-state index in [2.05, 4.69) is 30.4 Å². The molecule has 0 aliphatic rings. The van der Waals surface area contributed by atoms with Crippen molar-refractivity contribution < 1.29 is 4.79 Å². The Morgan fingerprint density at radius 2 is 2.00 bits per heavy atom. The largest absolute Gasteiger partial charge is 0.355 e. The van der Waals surface area contributed by atoms with E-state index in [0.717, 1.165) is 12.8 Å². The first-order chi connectivity index (χ1) is 9.19. The summed E-state index contributed by atoms with van der Waals surface area (Å²) in [4.78, 5) is 11.7. The van der Waals surface area contributed by atoms with E-state index in [1.165, 1.54) is 5.56 Å². The van der Waals surface area contributed by atoms with Crippen LogP contribution in [0.4, 0.5) is 0 Å². The lowest BCUT2D eigenvalue weighted by Gasteiger charge is -2.13. The highest BCUT2D eigenvalue weighted by Crippen LogP contribution is 2.17. The van der Waals surface area contributed by atoms with E-state index in [-0.39, 0.29) is 5.91 Å². The van der Waals surface area contributed by atoms with Crippen molar-refractivity contribution in [3.8, 4) is 6.07 Å². The molecule has 1 N–H and O–H groups in total. The second-order valence-corrected chi connectivity index (χ2v) is 4.86. The average Bonchev–Trinajstić information content (AvgIpc) is 2.45. The minimum absolute atomic E-state index is 0.135. The van der Waals surface area contributed by atoms with Gasteiger partial charge < -0.3 is 5.32 Å². The van der Waals surface area contributed by atoms with Crippen molar-refractivity contribution in [1.82, 2.24) is 5.32 Å². The van der Waals surface area contributed by atoms with E-state index >= 15 is 0 Å². The van der Waals surface area contributed by atoms with E-state index in [0.29, 0.717) is 18.9 Å². The molecule has 102 valence electrons. The lowest BCUT2D eigenvalue weighted by molar-refractivity contribution is -0.123. The molecule has 0 aliphatic heterocycles. The normalized spacial score (nSPS) is 13.3. The van der Waals surface area contributed by atoms with Gasteiger partial charge in [0.1, 0.15) is 5.92 Å². The highest BCUT2D eigenvalue weighted by Gasteiger charge is 2.16. The number of nitriles is 1. The number of nitrogens with one attached hydrogen (secondary N) is 1. The Labute approximate surface area is 115 Å². The molecular formula is C16H22N2O. The molecule has 1 aromatic rings. The van der Waals surface area contributed by atoms with Crippen molar-refractivity contribution in [2.24, 2.45) is 5.92 Å². The van der Waals surface area contributed by atoms with Crippen molar-refractivity contribution in [2.45, 2.75) is 39.0 Å². The summed E-state index contributed by atoms with van der Waals surface area (Å²) in [6, 6.07) is 12.3. The molecule has 0 saturated carbocycles. The van der Waals surface area contributed by atoms with Crippen molar-refractivity contribution >= 4 is 5.91 Å². The smallest absolute Gasteiger partial charge is 0.237 e. The molecule has 0 aromatic heterocycles. The van der Waals surface area contributed by atoms with Crippen molar-refractivity contribution in [3.63, 3.8) is 0 Å². The molecule has 1 amide bonds. The predicted octanol–water partition coefficient (Wildman–Crippen LogP) is 3.24. The molecule has 0 saturated heterocycles. The van der Waals surface area contributed by atoms with Crippen LogP contribution in [0.2, 0.25) is 0 Å². The Bertz CT molecular complexity index is 422. The van der Waals surface area contributed by atoms with E-state index < -0.39 is 5.92 Å². The summed E-state index contributed by atoms with van der Waals surface area (Å²) in [5.74, 6) is -0.227. The molecule has 1 rings (SSSR count). The van der Waals surface area contributed by atoms with Crippen LogP contribution in [0.5, 0.6) is 0 Å².